The number of hydrogen-bond donors (Lipinski definition) is 3. The highest BCUT2D eigenvalue weighted by atomic mass is 35.5. The van der Waals surface area contributed by atoms with Crippen LogP contribution in [0.25, 0.3) is 6.08 Å². The fourth-order valence-corrected chi connectivity index (χ4v) is 5.45. The van der Waals surface area contributed by atoms with Gasteiger partial charge in [0.05, 0.1) is 25.2 Å². The van der Waals surface area contributed by atoms with Gasteiger partial charge in [-0.2, -0.15) is 0 Å². The molecule has 4 aromatic carbocycles. The van der Waals surface area contributed by atoms with Crippen LogP contribution in [0.5, 0.6) is 11.5 Å². The monoisotopic (exact) mass is 643 g/mol. The summed E-state index contributed by atoms with van der Waals surface area (Å²) in [5.74, 6) is 0.0281. The largest absolute Gasteiger partial charge is 0.497 e. The maximum absolute atomic E-state index is 13.5. The van der Waals surface area contributed by atoms with E-state index in [0.717, 1.165) is 10.5 Å². The Bertz CT molecular complexity index is 1690. The summed E-state index contributed by atoms with van der Waals surface area (Å²) in [6, 6.07) is 26.4. The van der Waals surface area contributed by atoms with E-state index in [4.69, 9.17) is 21.1 Å². The Labute approximate surface area is 272 Å². The van der Waals surface area contributed by atoms with Crippen LogP contribution >= 0.6 is 23.4 Å². The number of hydrogen-bond acceptors (Lipinski definition) is 6. The third-order valence-corrected chi connectivity index (χ3v) is 8.49. The van der Waals surface area contributed by atoms with Crippen LogP contribution in [0.4, 0.5) is 11.4 Å². The lowest BCUT2D eigenvalue weighted by atomic mass is 10.1. The summed E-state index contributed by atoms with van der Waals surface area (Å²) in [6.07, 6.45) is 2.15. The van der Waals surface area contributed by atoms with Crippen molar-refractivity contribution in [2.75, 3.05) is 24.9 Å². The Morgan fingerprint density at radius 3 is 2.29 bits per heavy atom. The van der Waals surface area contributed by atoms with Crippen molar-refractivity contribution in [3.05, 3.63) is 118 Å². The van der Waals surface area contributed by atoms with Crippen molar-refractivity contribution in [3.63, 3.8) is 0 Å². The molecular formula is C35H34ClN3O5S. The first-order chi connectivity index (χ1) is 21.7. The van der Waals surface area contributed by atoms with Gasteiger partial charge in [-0.3, -0.25) is 14.4 Å². The average molecular weight is 644 g/mol. The molecule has 0 radical (unpaired) electrons. The van der Waals surface area contributed by atoms with Crippen LogP contribution in [0.3, 0.4) is 0 Å². The molecule has 4 aromatic rings. The van der Waals surface area contributed by atoms with Crippen LogP contribution in [-0.2, 0) is 9.59 Å². The zero-order valence-electron chi connectivity index (χ0n) is 25.3. The van der Waals surface area contributed by atoms with E-state index >= 15 is 0 Å². The zero-order chi connectivity index (χ0) is 32.3. The molecule has 4 rings (SSSR count). The molecule has 1 unspecified atom stereocenters. The van der Waals surface area contributed by atoms with Gasteiger partial charge in [0.2, 0.25) is 5.91 Å². The highest BCUT2D eigenvalue weighted by molar-refractivity contribution is 8.00. The standard InChI is InChI=1S/C35H34ClN3O5S/c1-5-32(35(42)38-29-18-22(2)28(36)21-31(29)44-4)45-27-13-9-12-25(20-27)37-34(41)30(19-23-14-16-26(43-3)17-15-23)39-33(40)24-10-7-6-8-11-24/h6-21,32H,5H2,1-4H3,(H,37,41)(H,38,42)(H,39,40)/b30-19+. The van der Waals surface area contributed by atoms with Crippen molar-refractivity contribution in [2.24, 2.45) is 0 Å². The van der Waals surface area contributed by atoms with E-state index in [1.807, 2.05) is 26.0 Å². The second-order valence-electron chi connectivity index (χ2n) is 9.94. The molecule has 0 aliphatic rings. The Hall–Kier alpha value is -4.73. The zero-order valence-corrected chi connectivity index (χ0v) is 26.9. The fourth-order valence-electron chi connectivity index (χ4n) is 4.28. The van der Waals surface area contributed by atoms with Crippen molar-refractivity contribution in [3.8, 4) is 11.5 Å². The molecule has 0 saturated carbocycles. The van der Waals surface area contributed by atoms with Gasteiger partial charge in [0.15, 0.2) is 0 Å². The molecule has 1 atom stereocenters. The number of benzene rings is 4. The molecule has 0 aliphatic carbocycles. The van der Waals surface area contributed by atoms with Crippen molar-refractivity contribution in [1.29, 1.82) is 0 Å². The molecule has 0 spiro atoms. The van der Waals surface area contributed by atoms with Crippen molar-refractivity contribution >= 4 is 58.5 Å². The quantitative estimate of drug-likeness (QED) is 0.109. The number of nitrogens with one attached hydrogen (secondary N) is 3. The minimum absolute atomic E-state index is 0.0603. The topological polar surface area (TPSA) is 106 Å². The number of methoxy groups -OCH3 is 2. The number of halogens is 1. The molecule has 10 heteroatoms. The maximum Gasteiger partial charge on any atom is 0.272 e. The van der Waals surface area contributed by atoms with Gasteiger partial charge in [-0.25, -0.2) is 0 Å². The lowest BCUT2D eigenvalue weighted by Crippen LogP contribution is -2.30. The predicted molar refractivity (Wildman–Crippen MR) is 181 cm³/mol. The Kier molecular flexibility index (Phi) is 11.7. The minimum atomic E-state index is -0.507. The summed E-state index contributed by atoms with van der Waals surface area (Å²) in [7, 11) is 3.09. The molecule has 45 heavy (non-hydrogen) atoms. The normalized spacial score (nSPS) is 11.7. The van der Waals surface area contributed by atoms with E-state index < -0.39 is 17.1 Å². The number of anilines is 2. The van der Waals surface area contributed by atoms with Gasteiger partial charge in [0.1, 0.15) is 17.2 Å². The highest BCUT2D eigenvalue weighted by Gasteiger charge is 2.21. The molecule has 0 heterocycles. The van der Waals surface area contributed by atoms with Crippen LogP contribution in [0.1, 0.15) is 34.8 Å². The smallest absolute Gasteiger partial charge is 0.272 e. The maximum atomic E-state index is 13.5. The molecule has 0 aliphatic heterocycles. The van der Waals surface area contributed by atoms with Crippen molar-refractivity contribution in [1.82, 2.24) is 5.32 Å². The van der Waals surface area contributed by atoms with E-state index in [9.17, 15) is 14.4 Å². The summed E-state index contributed by atoms with van der Waals surface area (Å²) >= 11 is 7.59. The molecular weight excluding hydrogens is 610 g/mol. The van der Waals surface area contributed by atoms with Crippen LogP contribution in [0.2, 0.25) is 5.02 Å². The first-order valence-corrected chi connectivity index (χ1v) is 15.4. The molecule has 0 bridgehead atoms. The molecule has 3 amide bonds. The van der Waals surface area contributed by atoms with Crippen LogP contribution < -0.4 is 25.4 Å². The molecule has 3 N–H and O–H groups in total. The van der Waals surface area contributed by atoms with E-state index in [-0.39, 0.29) is 11.6 Å². The molecule has 8 nitrogen and oxygen atoms in total. The van der Waals surface area contributed by atoms with Gasteiger partial charge in [-0.05, 0) is 79.1 Å². The van der Waals surface area contributed by atoms with Gasteiger partial charge in [0, 0.05) is 27.2 Å². The fraction of sp³-hybridized carbons (Fsp3) is 0.171. The van der Waals surface area contributed by atoms with Crippen LogP contribution in [0.15, 0.2) is 102 Å². The lowest BCUT2D eigenvalue weighted by Gasteiger charge is -2.18. The Morgan fingerprint density at radius 2 is 1.62 bits per heavy atom. The number of amides is 3. The van der Waals surface area contributed by atoms with Gasteiger partial charge in [0.25, 0.3) is 11.8 Å². The lowest BCUT2D eigenvalue weighted by molar-refractivity contribution is -0.116. The summed E-state index contributed by atoms with van der Waals surface area (Å²) in [5.41, 5.74) is 3.04. The first-order valence-electron chi connectivity index (χ1n) is 14.2. The molecule has 232 valence electrons. The van der Waals surface area contributed by atoms with Gasteiger partial charge >= 0.3 is 0 Å². The van der Waals surface area contributed by atoms with Gasteiger partial charge in [-0.1, -0.05) is 54.9 Å². The van der Waals surface area contributed by atoms with Crippen LogP contribution in [0, 0.1) is 6.92 Å². The molecule has 0 aromatic heterocycles. The SMILES string of the molecule is CCC(Sc1cccc(NC(=O)/C(=C\c2ccc(OC)cc2)NC(=O)c2ccccc2)c1)C(=O)Nc1cc(C)c(Cl)cc1OC. The number of rotatable bonds is 12. The first kappa shape index (κ1) is 33.2. The summed E-state index contributed by atoms with van der Waals surface area (Å²) < 4.78 is 10.6. The van der Waals surface area contributed by atoms with E-state index in [1.165, 1.54) is 18.9 Å². The summed E-state index contributed by atoms with van der Waals surface area (Å²) in [5, 5.41) is 8.70. The number of thioether (sulfide) groups is 1. The van der Waals surface area contributed by atoms with Crippen molar-refractivity contribution in [2.45, 2.75) is 30.4 Å². The van der Waals surface area contributed by atoms with Gasteiger partial charge < -0.3 is 25.4 Å². The third kappa shape index (κ3) is 9.14. The van der Waals surface area contributed by atoms with E-state index in [2.05, 4.69) is 16.0 Å². The summed E-state index contributed by atoms with van der Waals surface area (Å²) in [4.78, 5) is 40.5. The molecule has 0 saturated heterocycles. The van der Waals surface area contributed by atoms with Crippen LogP contribution in [-0.4, -0.2) is 37.2 Å². The van der Waals surface area contributed by atoms with E-state index in [0.29, 0.717) is 45.4 Å². The second kappa shape index (κ2) is 15.8. The number of carbonyl (C=O) groups excluding carboxylic acids is 3. The van der Waals surface area contributed by atoms with E-state index in [1.54, 1.807) is 92.0 Å². The number of aryl methyl sites for hydroxylation is 1. The third-order valence-electron chi connectivity index (χ3n) is 6.73. The predicted octanol–water partition coefficient (Wildman–Crippen LogP) is 7.58. The molecule has 0 fully saturated rings. The van der Waals surface area contributed by atoms with Gasteiger partial charge in [-0.15, -0.1) is 11.8 Å². The Balaban J connectivity index is 1.51. The van der Waals surface area contributed by atoms with Crippen molar-refractivity contribution < 1.29 is 23.9 Å². The number of ether oxygens (including phenoxy) is 2. The highest BCUT2D eigenvalue weighted by Crippen LogP contribution is 2.33. The average Bonchev–Trinajstić information content (AvgIpc) is 3.05. The summed E-state index contributed by atoms with van der Waals surface area (Å²) in [6.45, 7) is 3.78. The Morgan fingerprint density at radius 1 is 0.889 bits per heavy atom. The second-order valence-corrected chi connectivity index (χ2v) is 11.6. The number of carbonyl (C=O) groups is 3. The minimum Gasteiger partial charge on any atom is -0.497 e.